The Balaban J connectivity index is 2.38. The van der Waals surface area contributed by atoms with Gasteiger partial charge in [-0.3, -0.25) is 4.79 Å². The van der Waals surface area contributed by atoms with Crippen molar-refractivity contribution in [2.75, 3.05) is 13.2 Å². The third-order valence-electron chi connectivity index (χ3n) is 3.14. The molecule has 0 bridgehead atoms. The number of carbonyl (C=O) groups is 1. The van der Waals surface area contributed by atoms with Gasteiger partial charge in [0.05, 0.1) is 11.5 Å². The Morgan fingerprint density at radius 2 is 1.91 bits per heavy atom. The maximum absolute atomic E-state index is 12.5. The first-order valence-electron chi connectivity index (χ1n) is 6.86. The number of nitrogens with one attached hydrogen (secondary N) is 1. The van der Waals surface area contributed by atoms with E-state index in [-0.39, 0.29) is 18.0 Å². The lowest BCUT2D eigenvalue weighted by atomic mass is 10.1. The Kier molecular flexibility index (Phi) is 5.12. The van der Waals surface area contributed by atoms with Gasteiger partial charge in [-0.25, -0.2) is 8.42 Å². The van der Waals surface area contributed by atoms with Gasteiger partial charge in [0.15, 0.2) is 0 Å². The minimum atomic E-state index is -3.89. The Bertz CT molecular complexity index is 769. The van der Waals surface area contributed by atoms with Crippen molar-refractivity contribution in [3.63, 3.8) is 0 Å². The second kappa shape index (κ2) is 6.87. The summed E-state index contributed by atoms with van der Waals surface area (Å²) in [6.45, 7) is 1.62. The zero-order chi connectivity index (χ0) is 16.2. The number of hydrogen-bond acceptors (Lipinski definition) is 5. The first-order valence-corrected chi connectivity index (χ1v) is 8.34. The smallest absolute Gasteiger partial charge is 0.325 e. The van der Waals surface area contributed by atoms with Gasteiger partial charge in [0.25, 0.3) is 0 Å². The third kappa shape index (κ3) is 3.44. The number of carbonyl (C=O) groups excluding carboxylic acids is 1. The van der Waals surface area contributed by atoms with Crippen molar-refractivity contribution >= 4 is 26.8 Å². The fourth-order valence-electron chi connectivity index (χ4n) is 2.12. The fraction of sp³-hybridized carbons (Fsp3) is 0.267. The molecule has 7 heteroatoms. The van der Waals surface area contributed by atoms with Crippen LogP contribution in [0.25, 0.3) is 10.8 Å². The maximum atomic E-state index is 12.5. The molecular weight excluding hydrogens is 304 g/mol. The SMILES string of the molecule is CCOC(=O)[C@H](CN)NS(=O)(=O)c1cccc2ccccc12. The zero-order valence-corrected chi connectivity index (χ0v) is 13.0. The van der Waals surface area contributed by atoms with Gasteiger partial charge in [0.2, 0.25) is 10.0 Å². The summed E-state index contributed by atoms with van der Waals surface area (Å²) in [6.07, 6.45) is 0. The topological polar surface area (TPSA) is 98.5 Å². The molecule has 2 aromatic carbocycles. The summed E-state index contributed by atoms with van der Waals surface area (Å²) >= 11 is 0. The number of rotatable bonds is 6. The van der Waals surface area contributed by atoms with E-state index < -0.39 is 22.0 Å². The van der Waals surface area contributed by atoms with E-state index in [1.807, 2.05) is 18.2 Å². The Morgan fingerprint density at radius 3 is 2.59 bits per heavy atom. The standard InChI is InChI=1S/C15H18N2O4S/c1-2-21-15(18)13(10-16)17-22(19,20)14-9-5-7-11-6-3-4-8-12(11)14/h3-9,13,17H,2,10,16H2,1H3/t13-/m0/s1. The molecule has 22 heavy (non-hydrogen) atoms. The van der Waals surface area contributed by atoms with Crippen molar-refractivity contribution in [2.45, 2.75) is 17.9 Å². The van der Waals surface area contributed by atoms with Gasteiger partial charge in [0.1, 0.15) is 6.04 Å². The second-order valence-electron chi connectivity index (χ2n) is 4.64. The van der Waals surface area contributed by atoms with Gasteiger partial charge in [-0.05, 0) is 18.4 Å². The normalized spacial score (nSPS) is 13.0. The van der Waals surface area contributed by atoms with Gasteiger partial charge in [0, 0.05) is 11.9 Å². The van der Waals surface area contributed by atoms with E-state index in [4.69, 9.17) is 10.5 Å². The first kappa shape index (κ1) is 16.4. The number of esters is 1. The van der Waals surface area contributed by atoms with E-state index in [2.05, 4.69) is 4.72 Å². The molecule has 1 atom stereocenters. The summed E-state index contributed by atoms with van der Waals surface area (Å²) in [6, 6.07) is 11.0. The van der Waals surface area contributed by atoms with Crippen LogP contribution in [-0.4, -0.2) is 33.6 Å². The molecule has 0 saturated heterocycles. The molecule has 6 nitrogen and oxygen atoms in total. The zero-order valence-electron chi connectivity index (χ0n) is 12.2. The number of sulfonamides is 1. The highest BCUT2D eigenvalue weighted by molar-refractivity contribution is 7.89. The van der Waals surface area contributed by atoms with Crippen molar-refractivity contribution in [2.24, 2.45) is 5.73 Å². The molecule has 2 aromatic rings. The predicted octanol–water partition coefficient (Wildman–Crippen LogP) is 1.01. The second-order valence-corrected chi connectivity index (χ2v) is 6.32. The molecule has 0 aliphatic rings. The molecule has 0 saturated carbocycles. The van der Waals surface area contributed by atoms with Crippen LogP contribution in [0.2, 0.25) is 0 Å². The summed E-state index contributed by atoms with van der Waals surface area (Å²) in [5.74, 6) is -0.686. The molecule has 3 N–H and O–H groups in total. The third-order valence-corrected chi connectivity index (χ3v) is 4.67. The van der Waals surface area contributed by atoms with Crippen molar-refractivity contribution in [3.8, 4) is 0 Å². The van der Waals surface area contributed by atoms with E-state index in [0.29, 0.717) is 5.39 Å². The number of nitrogens with two attached hydrogens (primary N) is 1. The van der Waals surface area contributed by atoms with E-state index >= 15 is 0 Å². The largest absolute Gasteiger partial charge is 0.465 e. The molecule has 0 aliphatic heterocycles. The molecule has 0 unspecified atom stereocenters. The molecule has 0 aromatic heterocycles. The highest BCUT2D eigenvalue weighted by atomic mass is 32.2. The van der Waals surface area contributed by atoms with Crippen molar-refractivity contribution < 1.29 is 17.9 Å². The molecule has 2 rings (SSSR count). The molecule has 0 aliphatic carbocycles. The highest BCUT2D eigenvalue weighted by Gasteiger charge is 2.26. The Morgan fingerprint density at radius 1 is 1.23 bits per heavy atom. The quantitative estimate of drug-likeness (QED) is 0.773. The molecule has 0 spiro atoms. The highest BCUT2D eigenvalue weighted by Crippen LogP contribution is 2.22. The van der Waals surface area contributed by atoms with Gasteiger partial charge in [-0.2, -0.15) is 4.72 Å². The minimum absolute atomic E-state index is 0.105. The van der Waals surface area contributed by atoms with E-state index in [9.17, 15) is 13.2 Å². The van der Waals surface area contributed by atoms with Gasteiger partial charge < -0.3 is 10.5 Å². The number of ether oxygens (including phenoxy) is 1. The van der Waals surface area contributed by atoms with Gasteiger partial charge >= 0.3 is 5.97 Å². The lowest BCUT2D eigenvalue weighted by molar-refractivity contribution is -0.144. The van der Waals surface area contributed by atoms with Crippen LogP contribution in [-0.2, 0) is 19.6 Å². The number of fused-ring (bicyclic) bond motifs is 1. The average Bonchev–Trinajstić information content (AvgIpc) is 2.52. The van der Waals surface area contributed by atoms with E-state index in [0.717, 1.165) is 5.39 Å². The molecule has 0 fully saturated rings. The summed E-state index contributed by atoms with van der Waals surface area (Å²) in [4.78, 5) is 11.8. The Hall–Kier alpha value is -1.96. The van der Waals surface area contributed by atoms with Gasteiger partial charge in [-0.1, -0.05) is 36.4 Å². The fourth-order valence-corrected chi connectivity index (χ4v) is 3.54. The molecule has 0 radical (unpaired) electrons. The van der Waals surface area contributed by atoms with Crippen LogP contribution >= 0.6 is 0 Å². The monoisotopic (exact) mass is 322 g/mol. The first-order chi connectivity index (χ1) is 10.5. The van der Waals surface area contributed by atoms with Crippen LogP contribution in [0.1, 0.15) is 6.92 Å². The summed E-state index contributed by atoms with van der Waals surface area (Å²) in [7, 11) is -3.89. The van der Waals surface area contributed by atoms with Crippen LogP contribution < -0.4 is 10.5 Å². The van der Waals surface area contributed by atoms with E-state index in [1.54, 1.807) is 25.1 Å². The number of hydrogen-bond donors (Lipinski definition) is 2. The average molecular weight is 322 g/mol. The van der Waals surface area contributed by atoms with Crippen LogP contribution in [0.5, 0.6) is 0 Å². The lowest BCUT2D eigenvalue weighted by Gasteiger charge is -2.16. The van der Waals surface area contributed by atoms with Crippen LogP contribution in [0.3, 0.4) is 0 Å². The molecule has 0 amide bonds. The summed E-state index contributed by atoms with van der Waals surface area (Å²) < 4.78 is 32.2. The number of benzene rings is 2. The van der Waals surface area contributed by atoms with Crippen LogP contribution in [0.4, 0.5) is 0 Å². The summed E-state index contributed by atoms with van der Waals surface area (Å²) in [5.41, 5.74) is 5.47. The predicted molar refractivity (Wildman–Crippen MR) is 83.7 cm³/mol. The lowest BCUT2D eigenvalue weighted by Crippen LogP contribution is -2.46. The van der Waals surface area contributed by atoms with Crippen molar-refractivity contribution in [3.05, 3.63) is 42.5 Å². The molecule has 118 valence electrons. The molecular formula is C15H18N2O4S. The Labute approximate surface area is 129 Å². The van der Waals surface area contributed by atoms with E-state index in [1.165, 1.54) is 6.07 Å². The van der Waals surface area contributed by atoms with Crippen molar-refractivity contribution in [1.82, 2.24) is 4.72 Å². The van der Waals surface area contributed by atoms with Crippen LogP contribution in [0, 0.1) is 0 Å². The van der Waals surface area contributed by atoms with Crippen LogP contribution in [0.15, 0.2) is 47.4 Å². The minimum Gasteiger partial charge on any atom is -0.465 e. The van der Waals surface area contributed by atoms with Crippen molar-refractivity contribution in [1.29, 1.82) is 0 Å². The summed E-state index contributed by atoms with van der Waals surface area (Å²) in [5, 5.41) is 1.38. The maximum Gasteiger partial charge on any atom is 0.325 e. The molecule has 0 heterocycles. The van der Waals surface area contributed by atoms with Gasteiger partial charge in [-0.15, -0.1) is 0 Å².